The molecule has 1 aliphatic heterocycles. The first-order valence-electron chi connectivity index (χ1n) is 6.32. The quantitative estimate of drug-likeness (QED) is 0.933. The molecule has 4 nitrogen and oxygen atoms in total. The fourth-order valence-electron chi connectivity index (χ4n) is 2.14. The third-order valence-electron chi connectivity index (χ3n) is 3.16. The van der Waals surface area contributed by atoms with Crippen molar-refractivity contribution in [1.29, 1.82) is 0 Å². The number of oxime groups is 1. The Kier molecular flexibility index (Phi) is 3.90. The van der Waals surface area contributed by atoms with Crippen molar-refractivity contribution in [1.82, 2.24) is 4.90 Å². The summed E-state index contributed by atoms with van der Waals surface area (Å²) in [6, 6.07) is 12.3. The van der Waals surface area contributed by atoms with Crippen LogP contribution in [-0.2, 0) is 11.4 Å². The lowest BCUT2D eigenvalue weighted by atomic mass is 10.1. The highest BCUT2D eigenvalue weighted by molar-refractivity contribution is 6.40. The molecule has 108 valence electrons. The first-order valence-corrected chi connectivity index (χ1v) is 7.08. The monoisotopic (exact) mass is 322 g/mol. The summed E-state index contributed by atoms with van der Waals surface area (Å²) < 4.78 is 0. The first-order chi connectivity index (χ1) is 10.1. The second-order valence-corrected chi connectivity index (χ2v) is 5.45. The van der Waals surface area contributed by atoms with Crippen LogP contribution in [0.1, 0.15) is 11.1 Å². The highest BCUT2D eigenvalue weighted by Gasteiger charge is 2.24. The number of rotatable bonds is 3. The molecule has 0 bridgehead atoms. The van der Waals surface area contributed by atoms with Crippen molar-refractivity contribution in [3.63, 3.8) is 0 Å². The molecular formula is C15H12Cl2N2O2. The fraction of sp³-hybridized carbons (Fsp3) is 0.133. The Hall–Kier alpha value is -1.91. The standard InChI is InChI=1S/C15H12Cl2N2O2/c16-12-2-1-3-13(17)14(12)15-18-21-9-19(15)8-10-4-6-11(20)7-5-10/h1-7,20H,8-9H2. The van der Waals surface area contributed by atoms with Crippen molar-refractivity contribution in [3.8, 4) is 5.75 Å². The zero-order valence-corrected chi connectivity index (χ0v) is 12.5. The Balaban J connectivity index is 1.87. The van der Waals surface area contributed by atoms with E-state index in [1.807, 2.05) is 17.0 Å². The molecule has 0 atom stereocenters. The molecule has 1 heterocycles. The number of nitrogens with zero attached hydrogens (tertiary/aromatic N) is 2. The lowest BCUT2D eigenvalue weighted by Crippen LogP contribution is -2.28. The molecule has 6 heteroatoms. The number of halogens is 2. The number of phenols is 1. The molecule has 3 rings (SSSR count). The highest BCUT2D eigenvalue weighted by atomic mass is 35.5. The summed E-state index contributed by atoms with van der Waals surface area (Å²) in [7, 11) is 0. The first kappa shape index (κ1) is 14.0. The van der Waals surface area contributed by atoms with Crippen molar-refractivity contribution in [2.45, 2.75) is 6.54 Å². The van der Waals surface area contributed by atoms with Crippen LogP contribution in [0.2, 0.25) is 10.0 Å². The van der Waals surface area contributed by atoms with E-state index in [9.17, 15) is 5.11 Å². The van der Waals surface area contributed by atoms with Gasteiger partial charge in [0.1, 0.15) is 5.75 Å². The zero-order valence-electron chi connectivity index (χ0n) is 11.0. The van der Waals surface area contributed by atoms with Gasteiger partial charge in [-0.05, 0) is 29.8 Å². The van der Waals surface area contributed by atoms with Crippen LogP contribution in [0.25, 0.3) is 0 Å². The van der Waals surface area contributed by atoms with Crippen LogP contribution >= 0.6 is 23.2 Å². The smallest absolute Gasteiger partial charge is 0.191 e. The van der Waals surface area contributed by atoms with Crippen molar-refractivity contribution < 1.29 is 9.94 Å². The van der Waals surface area contributed by atoms with E-state index in [-0.39, 0.29) is 5.75 Å². The van der Waals surface area contributed by atoms with Gasteiger partial charge < -0.3 is 14.8 Å². The van der Waals surface area contributed by atoms with E-state index in [4.69, 9.17) is 28.0 Å². The third-order valence-corrected chi connectivity index (χ3v) is 3.79. The Bertz CT molecular complexity index is 666. The van der Waals surface area contributed by atoms with Crippen LogP contribution in [0.4, 0.5) is 0 Å². The number of aromatic hydroxyl groups is 1. The largest absolute Gasteiger partial charge is 0.508 e. The van der Waals surface area contributed by atoms with Crippen LogP contribution in [-0.4, -0.2) is 22.6 Å². The molecule has 1 N–H and O–H groups in total. The minimum atomic E-state index is 0.236. The average Bonchev–Trinajstić information content (AvgIpc) is 2.89. The number of amidine groups is 1. The van der Waals surface area contributed by atoms with Gasteiger partial charge in [0.05, 0.1) is 15.6 Å². The molecule has 0 unspecified atom stereocenters. The number of phenolic OH excluding ortho intramolecular Hbond substituents is 1. The molecule has 0 saturated heterocycles. The molecule has 0 saturated carbocycles. The van der Waals surface area contributed by atoms with Crippen molar-refractivity contribution in [2.75, 3.05) is 6.73 Å². The molecule has 0 spiro atoms. The van der Waals surface area contributed by atoms with Gasteiger partial charge in [-0.25, -0.2) is 0 Å². The lowest BCUT2D eigenvalue weighted by molar-refractivity contribution is 0.107. The summed E-state index contributed by atoms with van der Waals surface area (Å²) in [4.78, 5) is 7.11. The molecule has 0 aliphatic carbocycles. The van der Waals surface area contributed by atoms with Crippen LogP contribution in [0.15, 0.2) is 47.6 Å². The van der Waals surface area contributed by atoms with Gasteiger partial charge >= 0.3 is 0 Å². The molecule has 21 heavy (non-hydrogen) atoms. The van der Waals surface area contributed by atoms with Crippen LogP contribution < -0.4 is 0 Å². The zero-order chi connectivity index (χ0) is 14.8. The summed E-state index contributed by atoms with van der Waals surface area (Å²) in [6.07, 6.45) is 0. The topological polar surface area (TPSA) is 45.1 Å². The van der Waals surface area contributed by atoms with E-state index in [2.05, 4.69) is 5.16 Å². The van der Waals surface area contributed by atoms with E-state index in [0.717, 1.165) is 5.56 Å². The molecule has 0 fully saturated rings. The van der Waals surface area contributed by atoms with Crippen molar-refractivity contribution >= 4 is 29.0 Å². The second kappa shape index (κ2) is 5.84. The van der Waals surface area contributed by atoms with E-state index >= 15 is 0 Å². The summed E-state index contributed by atoms with van der Waals surface area (Å²) in [6.45, 7) is 0.915. The van der Waals surface area contributed by atoms with Gasteiger partial charge in [-0.1, -0.05) is 46.6 Å². The van der Waals surface area contributed by atoms with Gasteiger partial charge in [0.25, 0.3) is 0 Å². The van der Waals surface area contributed by atoms with Crippen molar-refractivity contribution in [3.05, 3.63) is 63.6 Å². The minimum Gasteiger partial charge on any atom is -0.508 e. The molecule has 0 amide bonds. The van der Waals surface area contributed by atoms with E-state index < -0.39 is 0 Å². The van der Waals surface area contributed by atoms with Gasteiger partial charge in [-0.3, -0.25) is 0 Å². The maximum absolute atomic E-state index is 9.32. The average molecular weight is 323 g/mol. The molecule has 1 aliphatic rings. The maximum atomic E-state index is 9.32. The van der Waals surface area contributed by atoms with E-state index in [1.165, 1.54) is 0 Å². The molecule has 2 aromatic rings. The van der Waals surface area contributed by atoms with Gasteiger partial charge in [0.15, 0.2) is 12.6 Å². The SMILES string of the molecule is Oc1ccc(CN2CON=C2c2c(Cl)cccc2Cl)cc1. The Labute approximate surface area is 132 Å². The van der Waals surface area contributed by atoms with E-state index in [0.29, 0.717) is 34.7 Å². The predicted octanol–water partition coefficient (Wildman–Crippen LogP) is 3.85. The Morgan fingerprint density at radius 2 is 1.76 bits per heavy atom. The predicted molar refractivity (Wildman–Crippen MR) is 82.6 cm³/mol. The minimum absolute atomic E-state index is 0.236. The van der Waals surface area contributed by atoms with Crippen LogP contribution in [0.5, 0.6) is 5.75 Å². The van der Waals surface area contributed by atoms with Crippen molar-refractivity contribution in [2.24, 2.45) is 5.16 Å². The van der Waals surface area contributed by atoms with Gasteiger partial charge in [-0.2, -0.15) is 0 Å². The summed E-state index contributed by atoms with van der Waals surface area (Å²) in [5.74, 6) is 0.845. The number of hydrogen-bond donors (Lipinski definition) is 1. The van der Waals surface area contributed by atoms with Gasteiger partial charge in [0.2, 0.25) is 0 Å². The van der Waals surface area contributed by atoms with Gasteiger partial charge in [-0.15, -0.1) is 0 Å². The third kappa shape index (κ3) is 2.91. The van der Waals surface area contributed by atoms with Crippen LogP contribution in [0.3, 0.4) is 0 Å². The molecule has 0 radical (unpaired) electrons. The number of hydrogen-bond acceptors (Lipinski definition) is 4. The van der Waals surface area contributed by atoms with E-state index in [1.54, 1.807) is 30.3 Å². The normalized spacial score (nSPS) is 14.0. The fourth-order valence-corrected chi connectivity index (χ4v) is 2.70. The maximum Gasteiger partial charge on any atom is 0.191 e. The summed E-state index contributed by atoms with van der Waals surface area (Å²) in [5, 5.41) is 14.4. The van der Waals surface area contributed by atoms with Crippen LogP contribution in [0, 0.1) is 0 Å². The van der Waals surface area contributed by atoms with Gasteiger partial charge in [0, 0.05) is 6.54 Å². The lowest BCUT2D eigenvalue weighted by Gasteiger charge is -2.19. The number of benzene rings is 2. The second-order valence-electron chi connectivity index (χ2n) is 4.63. The summed E-state index contributed by atoms with van der Waals surface area (Å²) >= 11 is 12.4. The summed E-state index contributed by atoms with van der Waals surface area (Å²) in [5.41, 5.74) is 1.69. The highest BCUT2D eigenvalue weighted by Crippen LogP contribution is 2.28. The molecule has 2 aromatic carbocycles. The Morgan fingerprint density at radius 1 is 1.10 bits per heavy atom. The Morgan fingerprint density at radius 3 is 2.43 bits per heavy atom. The molecular weight excluding hydrogens is 311 g/mol. The molecule has 0 aromatic heterocycles.